The molecule has 0 aliphatic heterocycles. The van der Waals surface area contributed by atoms with Gasteiger partial charge in [0.1, 0.15) is 5.75 Å². The number of nitrogens with one attached hydrogen (secondary N) is 1. The van der Waals surface area contributed by atoms with Gasteiger partial charge in [-0.2, -0.15) is 4.98 Å². The number of hydrogen-bond donors (Lipinski definition) is 1. The van der Waals surface area contributed by atoms with Gasteiger partial charge in [-0.05, 0) is 48.9 Å². The zero-order chi connectivity index (χ0) is 18.9. The monoisotopic (exact) mass is 385 g/mol. The number of carbonyl (C=O) groups is 1. The Morgan fingerprint density at radius 1 is 1.26 bits per heavy atom. The van der Waals surface area contributed by atoms with Gasteiger partial charge in [-0.25, -0.2) is 0 Å². The lowest BCUT2D eigenvalue weighted by Crippen LogP contribution is -2.25. The van der Waals surface area contributed by atoms with Crippen LogP contribution in [-0.2, 0) is 11.2 Å². The molecule has 0 spiro atoms. The summed E-state index contributed by atoms with van der Waals surface area (Å²) in [5, 5.41) is 8.85. The third-order valence-corrected chi connectivity index (χ3v) is 4.77. The number of aryl methyl sites for hydroxylation is 2. The van der Waals surface area contributed by atoms with Crippen LogP contribution in [0.5, 0.6) is 5.75 Å². The topological polar surface area (TPSA) is 77.2 Å². The van der Waals surface area contributed by atoms with Crippen LogP contribution in [0.4, 0.5) is 0 Å². The van der Waals surface area contributed by atoms with Gasteiger partial charge in [0.05, 0.1) is 11.5 Å². The van der Waals surface area contributed by atoms with Gasteiger partial charge in [0.25, 0.3) is 0 Å². The Balaban J connectivity index is 1.27. The number of hydrogen-bond acceptors (Lipinski definition) is 6. The molecule has 3 aromatic rings. The van der Waals surface area contributed by atoms with Crippen molar-refractivity contribution < 1.29 is 14.1 Å². The number of rotatable bonds is 10. The minimum absolute atomic E-state index is 0.0311. The Bertz CT molecular complexity index is 846. The van der Waals surface area contributed by atoms with Gasteiger partial charge in [0.2, 0.25) is 17.6 Å². The van der Waals surface area contributed by atoms with Gasteiger partial charge >= 0.3 is 0 Å². The number of aromatic nitrogens is 2. The van der Waals surface area contributed by atoms with Crippen LogP contribution in [0, 0.1) is 6.92 Å². The quantitative estimate of drug-likeness (QED) is 0.534. The van der Waals surface area contributed by atoms with Crippen LogP contribution in [-0.4, -0.2) is 29.2 Å². The normalized spacial score (nSPS) is 10.7. The van der Waals surface area contributed by atoms with E-state index in [1.807, 2.05) is 48.7 Å². The smallest absolute Gasteiger partial charge is 0.226 e. The summed E-state index contributed by atoms with van der Waals surface area (Å²) in [6.07, 6.45) is 2.49. The van der Waals surface area contributed by atoms with E-state index in [9.17, 15) is 4.79 Å². The number of carbonyl (C=O) groups excluding carboxylic acids is 1. The van der Waals surface area contributed by atoms with Crippen molar-refractivity contribution in [1.82, 2.24) is 15.5 Å². The minimum atomic E-state index is 0.0311. The lowest BCUT2D eigenvalue weighted by atomic mass is 10.2. The first-order chi connectivity index (χ1) is 13.2. The Kier molecular flexibility index (Phi) is 6.98. The molecule has 6 nitrogen and oxygen atoms in total. The highest BCUT2D eigenvalue weighted by Crippen LogP contribution is 2.21. The van der Waals surface area contributed by atoms with E-state index in [0.717, 1.165) is 17.0 Å². The van der Waals surface area contributed by atoms with Gasteiger partial charge in [-0.1, -0.05) is 23.4 Å². The summed E-state index contributed by atoms with van der Waals surface area (Å²) in [6.45, 7) is 3.22. The number of amides is 1. The molecule has 0 saturated carbocycles. The molecule has 1 N–H and O–H groups in total. The maximum absolute atomic E-state index is 11.9. The fourth-order valence-corrected chi connectivity index (χ4v) is 3.20. The third kappa shape index (κ3) is 6.21. The van der Waals surface area contributed by atoms with Gasteiger partial charge in [-0.3, -0.25) is 4.79 Å². The van der Waals surface area contributed by atoms with Crippen LogP contribution in [0.2, 0.25) is 0 Å². The van der Waals surface area contributed by atoms with E-state index in [0.29, 0.717) is 44.1 Å². The molecule has 0 fully saturated rings. The fraction of sp³-hybridized carbons (Fsp3) is 0.350. The van der Waals surface area contributed by atoms with Crippen molar-refractivity contribution in [3.8, 4) is 16.5 Å². The van der Waals surface area contributed by atoms with Crippen LogP contribution >= 0.6 is 11.3 Å². The summed E-state index contributed by atoms with van der Waals surface area (Å²) in [6, 6.07) is 11.8. The maximum Gasteiger partial charge on any atom is 0.226 e. The molecule has 1 aromatic carbocycles. The average molecular weight is 385 g/mol. The van der Waals surface area contributed by atoms with Gasteiger partial charge in [0, 0.05) is 19.4 Å². The minimum Gasteiger partial charge on any atom is -0.494 e. The summed E-state index contributed by atoms with van der Waals surface area (Å²) < 4.78 is 10.9. The zero-order valence-electron chi connectivity index (χ0n) is 15.3. The fourth-order valence-electron chi connectivity index (χ4n) is 2.55. The predicted octanol–water partition coefficient (Wildman–Crippen LogP) is 4.01. The lowest BCUT2D eigenvalue weighted by Gasteiger charge is -2.07. The highest BCUT2D eigenvalue weighted by Gasteiger charge is 2.10. The van der Waals surface area contributed by atoms with Crippen molar-refractivity contribution in [2.24, 2.45) is 0 Å². The Morgan fingerprint density at radius 2 is 2.19 bits per heavy atom. The van der Waals surface area contributed by atoms with Crippen molar-refractivity contribution >= 4 is 17.2 Å². The van der Waals surface area contributed by atoms with Crippen molar-refractivity contribution in [2.75, 3.05) is 13.2 Å². The number of nitrogens with zero attached hydrogens (tertiary/aromatic N) is 2. The lowest BCUT2D eigenvalue weighted by molar-refractivity contribution is -0.121. The van der Waals surface area contributed by atoms with E-state index in [2.05, 4.69) is 15.5 Å². The molecule has 2 aromatic heterocycles. The molecule has 0 bridgehead atoms. The molecule has 2 heterocycles. The average Bonchev–Trinajstić information content (AvgIpc) is 3.33. The molecular formula is C20H23N3O3S. The van der Waals surface area contributed by atoms with Gasteiger partial charge < -0.3 is 14.6 Å². The second kappa shape index (κ2) is 9.87. The van der Waals surface area contributed by atoms with Crippen LogP contribution in [0.1, 0.15) is 30.7 Å². The predicted molar refractivity (Wildman–Crippen MR) is 105 cm³/mol. The molecule has 0 radical (unpaired) electrons. The molecule has 7 heteroatoms. The van der Waals surface area contributed by atoms with Crippen molar-refractivity contribution in [3.05, 3.63) is 53.2 Å². The third-order valence-electron chi connectivity index (χ3n) is 3.91. The number of ether oxygens (including phenoxy) is 1. The summed E-state index contributed by atoms with van der Waals surface area (Å²) in [5.74, 6) is 2.07. The van der Waals surface area contributed by atoms with Crippen LogP contribution in [0.15, 0.2) is 46.3 Å². The second-order valence-electron chi connectivity index (χ2n) is 6.21. The standard InChI is InChI=1S/C20H23N3O3S/c1-15-6-2-7-16(14-15)25-12-5-11-21-18(24)9-3-10-19-22-20(23-26-19)17-8-4-13-27-17/h2,4,6-8,13-14H,3,5,9-12H2,1H3,(H,21,24). The molecule has 0 aliphatic carbocycles. The molecule has 0 aliphatic rings. The summed E-state index contributed by atoms with van der Waals surface area (Å²) >= 11 is 1.57. The van der Waals surface area contributed by atoms with Crippen LogP contribution in [0.3, 0.4) is 0 Å². The molecule has 0 unspecified atom stereocenters. The largest absolute Gasteiger partial charge is 0.494 e. The van der Waals surface area contributed by atoms with Gasteiger partial charge in [-0.15, -0.1) is 11.3 Å². The summed E-state index contributed by atoms with van der Waals surface area (Å²) in [5.41, 5.74) is 1.17. The van der Waals surface area contributed by atoms with Crippen LogP contribution < -0.4 is 10.1 Å². The number of thiophene rings is 1. The molecule has 1 amide bonds. The number of benzene rings is 1. The molecule has 0 atom stereocenters. The molecule has 142 valence electrons. The molecule has 27 heavy (non-hydrogen) atoms. The van der Waals surface area contributed by atoms with E-state index < -0.39 is 0 Å². The van der Waals surface area contributed by atoms with E-state index in [4.69, 9.17) is 9.26 Å². The van der Waals surface area contributed by atoms with E-state index in [1.165, 1.54) is 5.56 Å². The van der Waals surface area contributed by atoms with Gasteiger partial charge in [0.15, 0.2) is 0 Å². The summed E-state index contributed by atoms with van der Waals surface area (Å²) in [7, 11) is 0. The molecule has 3 rings (SSSR count). The summed E-state index contributed by atoms with van der Waals surface area (Å²) in [4.78, 5) is 17.2. The molecule has 0 saturated heterocycles. The second-order valence-corrected chi connectivity index (χ2v) is 7.16. The highest BCUT2D eigenvalue weighted by atomic mass is 32.1. The van der Waals surface area contributed by atoms with Crippen molar-refractivity contribution in [2.45, 2.75) is 32.6 Å². The first kappa shape index (κ1) is 19.1. The molecular weight excluding hydrogens is 362 g/mol. The van der Waals surface area contributed by atoms with Crippen LogP contribution in [0.25, 0.3) is 10.7 Å². The maximum atomic E-state index is 11.9. The Morgan fingerprint density at radius 3 is 3.00 bits per heavy atom. The van der Waals surface area contributed by atoms with E-state index in [1.54, 1.807) is 11.3 Å². The first-order valence-corrected chi connectivity index (χ1v) is 9.91. The van der Waals surface area contributed by atoms with Crippen molar-refractivity contribution in [3.63, 3.8) is 0 Å². The van der Waals surface area contributed by atoms with Crippen molar-refractivity contribution in [1.29, 1.82) is 0 Å². The van der Waals surface area contributed by atoms with E-state index >= 15 is 0 Å². The Hall–Kier alpha value is -2.67. The highest BCUT2D eigenvalue weighted by molar-refractivity contribution is 7.13. The van der Waals surface area contributed by atoms with E-state index in [-0.39, 0.29) is 5.91 Å². The SMILES string of the molecule is Cc1cccc(OCCCNC(=O)CCCc2nc(-c3cccs3)no2)c1. The zero-order valence-corrected chi connectivity index (χ0v) is 16.1. The Labute approximate surface area is 162 Å². The first-order valence-electron chi connectivity index (χ1n) is 9.03.